The number of sulfonamides is 1. The van der Waals surface area contributed by atoms with E-state index in [9.17, 15) is 28.1 Å². The number of hydrogen-bond donors (Lipinski definition) is 3. The van der Waals surface area contributed by atoms with Crippen LogP contribution in [0.4, 0.5) is 17.1 Å². The Hall–Kier alpha value is -5.75. The van der Waals surface area contributed by atoms with Crippen molar-refractivity contribution in [2.45, 2.75) is 37.5 Å². The van der Waals surface area contributed by atoms with Crippen LogP contribution in [-0.2, 0) is 19.6 Å². The minimum absolute atomic E-state index is 0.0608. The van der Waals surface area contributed by atoms with Gasteiger partial charge in [0.1, 0.15) is 22.8 Å². The number of rotatable bonds is 14. The van der Waals surface area contributed by atoms with E-state index in [0.29, 0.717) is 62.4 Å². The standard InChI is InChI=1S/C45H51ClN8O8S/c1-29(2)45(56)53-27-33(39(28-53)31-3-5-34(46)6-4-31)26-51-15-17-52(18-16-51)35-7-9-38(42(22-35)62-36-21-32-11-14-47-43(32)49-25-36)44(55)50-63(59,60)37-8-10-40(41(23-37)54(57)58)48-24-30-12-19-61-20-13-30/h3-11,14,21-23,25,29-30,33,39,48H,12-13,15-20,24,26-28H2,1-2H3,(H,47,49)(H,50,55)/t33-,39+/m0/s1. The van der Waals surface area contributed by atoms with Crippen molar-refractivity contribution >= 4 is 61.5 Å². The number of ether oxygens (including phenoxy) is 2. The van der Waals surface area contributed by atoms with Crippen molar-refractivity contribution in [2.75, 3.05) is 75.8 Å². The summed E-state index contributed by atoms with van der Waals surface area (Å²) in [6.45, 7) is 10.6. The van der Waals surface area contributed by atoms with Gasteiger partial charge in [0.05, 0.1) is 21.6 Å². The maximum atomic E-state index is 13.9. The molecule has 2 atom stereocenters. The third-order valence-electron chi connectivity index (χ3n) is 12.2. The van der Waals surface area contributed by atoms with Crippen molar-refractivity contribution in [3.63, 3.8) is 0 Å². The predicted molar refractivity (Wildman–Crippen MR) is 240 cm³/mol. The van der Waals surface area contributed by atoms with Crippen molar-refractivity contribution in [3.05, 3.63) is 111 Å². The maximum Gasteiger partial charge on any atom is 0.293 e. The van der Waals surface area contributed by atoms with Gasteiger partial charge in [0.2, 0.25) is 5.91 Å². The van der Waals surface area contributed by atoms with Crippen LogP contribution >= 0.6 is 11.6 Å². The van der Waals surface area contributed by atoms with Crippen LogP contribution in [0, 0.1) is 27.9 Å². The Bertz CT molecular complexity index is 2580. The van der Waals surface area contributed by atoms with Crippen LogP contribution in [0.3, 0.4) is 0 Å². The summed E-state index contributed by atoms with van der Waals surface area (Å²) in [6.07, 6.45) is 4.89. The van der Waals surface area contributed by atoms with Crippen LogP contribution in [-0.4, -0.2) is 110 Å². The Morgan fingerprint density at radius 2 is 1.76 bits per heavy atom. The molecule has 0 spiro atoms. The Morgan fingerprint density at radius 1 is 1.00 bits per heavy atom. The second kappa shape index (κ2) is 18.9. The Kier molecular flexibility index (Phi) is 13.2. The summed E-state index contributed by atoms with van der Waals surface area (Å²) in [5.74, 6) is 0.218. The van der Waals surface area contributed by atoms with E-state index < -0.39 is 31.4 Å². The molecule has 2 amide bonds. The number of aromatic amines is 1. The fourth-order valence-corrected chi connectivity index (χ4v) is 9.82. The Morgan fingerprint density at radius 3 is 2.49 bits per heavy atom. The van der Waals surface area contributed by atoms with Crippen LogP contribution in [0.1, 0.15) is 48.5 Å². The molecule has 8 rings (SSSR count). The third-order valence-corrected chi connectivity index (χ3v) is 13.8. The lowest BCUT2D eigenvalue weighted by molar-refractivity contribution is -0.384. The van der Waals surface area contributed by atoms with E-state index in [1.165, 1.54) is 30.0 Å². The highest BCUT2D eigenvalue weighted by Crippen LogP contribution is 2.36. The van der Waals surface area contributed by atoms with Crippen molar-refractivity contribution in [3.8, 4) is 11.5 Å². The van der Waals surface area contributed by atoms with Crippen LogP contribution < -0.4 is 19.7 Å². The predicted octanol–water partition coefficient (Wildman–Crippen LogP) is 6.89. The minimum Gasteiger partial charge on any atom is -0.455 e. The molecule has 18 heteroatoms. The zero-order chi connectivity index (χ0) is 44.3. The number of nitrogens with zero attached hydrogens (tertiary/aromatic N) is 5. The quantitative estimate of drug-likeness (QED) is 0.0774. The number of likely N-dealkylation sites (tertiary alicyclic amines) is 1. The van der Waals surface area contributed by atoms with Crippen molar-refractivity contribution in [2.24, 2.45) is 17.8 Å². The maximum absolute atomic E-state index is 13.9. The van der Waals surface area contributed by atoms with Gasteiger partial charge in [-0.1, -0.05) is 37.6 Å². The van der Waals surface area contributed by atoms with Crippen LogP contribution in [0.5, 0.6) is 11.5 Å². The van der Waals surface area contributed by atoms with Gasteiger partial charge in [-0.3, -0.25) is 24.6 Å². The largest absolute Gasteiger partial charge is 0.455 e. The van der Waals surface area contributed by atoms with E-state index in [4.69, 9.17) is 21.1 Å². The molecule has 3 aliphatic rings. The molecule has 5 aromatic rings. The first kappa shape index (κ1) is 43.9. The smallest absolute Gasteiger partial charge is 0.293 e. The number of nitrogens with one attached hydrogen (secondary N) is 3. The molecule has 0 radical (unpaired) electrons. The first-order valence-corrected chi connectivity index (χ1v) is 23.1. The number of H-pyrrole nitrogens is 1. The minimum atomic E-state index is -4.57. The molecule has 5 heterocycles. The number of carbonyl (C=O) groups excluding carboxylic acids is 2. The first-order valence-electron chi connectivity index (χ1n) is 21.2. The van der Waals surface area contributed by atoms with Gasteiger partial charge in [-0.2, -0.15) is 0 Å². The van der Waals surface area contributed by atoms with Crippen molar-refractivity contribution < 1.29 is 32.4 Å². The van der Waals surface area contributed by atoms with E-state index in [0.717, 1.165) is 49.6 Å². The van der Waals surface area contributed by atoms with Gasteiger partial charge in [0.25, 0.3) is 21.6 Å². The van der Waals surface area contributed by atoms with Crippen LogP contribution in [0.15, 0.2) is 90.1 Å². The topological polar surface area (TPSA) is 192 Å². The molecule has 3 saturated heterocycles. The number of piperazine rings is 1. The zero-order valence-electron chi connectivity index (χ0n) is 35.2. The number of benzene rings is 3. The summed E-state index contributed by atoms with van der Waals surface area (Å²) in [5, 5.41) is 16.6. The highest BCUT2D eigenvalue weighted by atomic mass is 35.5. The third kappa shape index (κ3) is 10.2. The molecule has 3 fully saturated rings. The molecule has 3 aromatic carbocycles. The lowest BCUT2D eigenvalue weighted by Gasteiger charge is -2.38. The molecule has 3 N–H and O–H groups in total. The Balaban J connectivity index is 0.987. The fraction of sp³-hybridized carbons (Fsp3) is 0.400. The number of hydrogen-bond acceptors (Lipinski definition) is 12. The normalized spacial score (nSPS) is 18.8. The van der Waals surface area contributed by atoms with E-state index >= 15 is 0 Å². The molecule has 0 saturated carbocycles. The molecular weight excluding hydrogens is 848 g/mol. The second-order valence-electron chi connectivity index (χ2n) is 16.8. The lowest BCUT2D eigenvalue weighted by Crippen LogP contribution is -2.48. The highest BCUT2D eigenvalue weighted by molar-refractivity contribution is 7.90. The number of nitro benzene ring substituents is 1. The first-order chi connectivity index (χ1) is 30.3. The summed E-state index contributed by atoms with van der Waals surface area (Å²) in [5.41, 5.74) is 2.29. The van der Waals surface area contributed by atoms with E-state index in [-0.39, 0.29) is 46.6 Å². The summed E-state index contributed by atoms with van der Waals surface area (Å²) < 4.78 is 41.2. The summed E-state index contributed by atoms with van der Waals surface area (Å²) in [6, 6.07) is 20.0. The molecule has 0 unspecified atom stereocenters. The van der Waals surface area contributed by atoms with Gasteiger partial charge in [0, 0.05) is 112 Å². The number of aromatic nitrogens is 2. The Labute approximate surface area is 371 Å². The molecule has 332 valence electrons. The number of amides is 2. The molecule has 63 heavy (non-hydrogen) atoms. The van der Waals surface area contributed by atoms with Gasteiger partial charge in [0.15, 0.2) is 0 Å². The van der Waals surface area contributed by atoms with Crippen LogP contribution in [0.25, 0.3) is 11.0 Å². The number of pyridine rings is 1. The van der Waals surface area contributed by atoms with E-state index in [1.54, 1.807) is 24.4 Å². The number of anilines is 2. The monoisotopic (exact) mass is 898 g/mol. The molecule has 0 bridgehead atoms. The zero-order valence-corrected chi connectivity index (χ0v) is 36.7. The summed E-state index contributed by atoms with van der Waals surface area (Å²) in [7, 11) is -4.57. The highest BCUT2D eigenvalue weighted by Gasteiger charge is 2.38. The summed E-state index contributed by atoms with van der Waals surface area (Å²) >= 11 is 6.22. The van der Waals surface area contributed by atoms with Gasteiger partial charge in [-0.05, 0) is 78.8 Å². The van der Waals surface area contributed by atoms with E-state index in [1.807, 2.05) is 36.9 Å². The average molecular weight is 899 g/mol. The molecule has 16 nitrogen and oxygen atoms in total. The lowest BCUT2D eigenvalue weighted by atomic mass is 9.88. The second-order valence-corrected chi connectivity index (χ2v) is 18.9. The van der Waals surface area contributed by atoms with Gasteiger partial charge in [-0.15, -0.1) is 0 Å². The number of halogens is 1. The molecule has 2 aromatic heterocycles. The molecular formula is C45H51ClN8O8S. The fourth-order valence-electron chi connectivity index (χ4n) is 8.71. The van der Waals surface area contributed by atoms with Gasteiger partial charge < -0.3 is 29.6 Å². The molecule has 3 aliphatic heterocycles. The van der Waals surface area contributed by atoms with Crippen molar-refractivity contribution in [1.82, 2.24) is 24.5 Å². The van der Waals surface area contributed by atoms with Crippen molar-refractivity contribution in [1.29, 1.82) is 0 Å². The summed E-state index contributed by atoms with van der Waals surface area (Å²) in [4.78, 5) is 52.1. The number of carbonyl (C=O) groups is 2. The average Bonchev–Trinajstić information content (AvgIpc) is 3.93. The van der Waals surface area contributed by atoms with E-state index in [2.05, 4.69) is 41.9 Å². The number of nitro groups is 1. The van der Waals surface area contributed by atoms with Gasteiger partial charge >= 0.3 is 0 Å². The molecule has 0 aliphatic carbocycles. The SMILES string of the molecule is CC(C)C(=O)N1C[C@H](CN2CCN(c3ccc(C(=O)NS(=O)(=O)c4ccc(NCC5CCOCC5)c([N+](=O)[O-])c4)c(Oc4cnc5[nH]ccc5c4)c3)CC2)[C@@H](c2ccc(Cl)cc2)C1. The number of fused-ring (bicyclic) bond motifs is 1. The van der Waals surface area contributed by atoms with Crippen LogP contribution in [0.2, 0.25) is 5.02 Å². The van der Waals surface area contributed by atoms with Gasteiger partial charge in [-0.25, -0.2) is 18.1 Å².